The molecule has 1 rings (SSSR count). The molecule has 0 radical (unpaired) electrons. The number of likely N-dealkylation sites (tertiary alicyclic amines) is 1. The van der Waals surface area contributed by atoms with E-state index in [-0.39, 0.29) is 0 Å². The van der Waals surface area contributed by atoms with E-state index in [9.17, 15) is 5.11 Å². The zero-order chi connectivity index (χ0) is 11.3. The number of nitrogens with zero attached hydrogens (tertiary/aromatic N) is 1. The molecule has 2 N–H and O–H groups in total. The molecular weight excluding hydrogens is 188 g/mol. The van der Waals surface area contributed by atoms with Crippen molar-refractivity contribution in [3.63, 3.8) is 0 Å². The van der Waals surface area contributed by atoms with Gasteiger partial charge in [-0.25, -0.2) is 0 Å². The van der Waals surface area contributed by atoms with Gasteiger partial charge in [-0.3, -0.25) is 4.90 Å². The van der Waals surface area contributed by atoms with Crippen molar-refractivity contribution in [2.45, 2.75) is 32.3 Å². The van der Waals surface area contributed by atoms with Gasteiger partial charge in [0.25, 0.3) is 0 Å². The summed E-state index contributed by atoms with van der Waals surface area (Å²) in [6.07, 6.45) is 2.00. The van der Waals surface area contributed by atoms with Gasteiger partial charge < -0.3 is 10.4 Å². The van der Waals surface area contributed by atoms with Crippen LogP contribution >= 0.6 is 0 Å². The molecule has 1 fully saturated rings. The Morgan fingerprint density at radius 1 is 1.60 bits per heavy atom. The first-order valence-electron chi connectivity index (χ1n) is 5.85. The normalized spacial score (nSPS) is 27.9. The van der Waals surface area contributed by atoms with E-state index in [4.69, 9.17) is 0 Å². The summed E-state index contributed by atoms with van der Waals surface area (Å²) in [5.74, 6) is 0. The van der Waals surface area contributed by atoms with Gasteiger partial charge in [-0.1, -0.05) is 13.5 Å². The summed E-state index contributed by atoms with van der Waals surface area (Å²) in [7, 11) is 0. The molecule has 0 aromatic carbocycles. The summed E-state index contributed by atoms with van der Waals surface area (Å²) in [5, 5.41) is 13.2. The van der Waals surface area contributed by atoms with Gasteiger partial charge in [-0.15, -0.1) is 0 Å². The van der Waals surface area contributed by atoms with Gasteiger partial charge in [-0.05, 0) is 38.4 Å². The predicted molar refractivity (Wildman–Crippen MR) is 64.0 cm³/mol. The molecule has 1 heterocycles. The van der Waals surface area contributed by atoms with Crippen molar-refractivity contribution in [2.75, 3.05) is 32.7 Å². The highest BCUT2D eigenvalue weighted by Crippen LogP contribution is 2.20. The molecule has 1 atom stereocenters. The summed E-state index contributed by atoms with van der Waals surface area (Å²) < 4.78 is 0. The molecule has 1 aliphatic rings. The minimum atomic E-state index is -0.503. The average Bonchev–Trinajstić information content (AvgIpc) is 2.13. The van der Waals surface area contributed by atoms with Crippen LogP contribution in [0.15, 0.2) is 12.2 Å². The van der Waals surface area contributed by atoms with E-state index in [2.05, 4.69) is 23.7 Å². The first-order valence-corrected chi connectivity index (χ1v) is 5.85. The molecule has 0 bridgehead atoms. The van der Waals surface area contributed by atoms with Crippen molar-refractivity contribution in [2.24, 2.45) is 0 Å². The first kappa shape index (κ1) is 12.7. The third-order valence-corrected chi connectivity index (χ3v) is 2.83. The highest BCUT2D eigenvalue weighted by atomic mass is 16.3. The number of likely N-dealkylation sites (N-methyl/N-ethyl adjacent to an activating group) is 1. The van der Waals surface area contributed by atoms with Crippen LogP contribution in [0, 0.1) is 0 Å². The predicted octanol–water partition coefficient (Wildman–Crippen LogP) is 0.999. The summed E-state index contributed by atoms with van der Waals surface area (Å²) >= 11 is 0. The molecule has 0 saturated carbocycles. The van der Waals surface area contributed by atoms with Crippen molar-refractivity contribution in [1.29, 1.82) is 0 Å². The van der Waals surface area contributed by atoms with E-state index in [1.807, 2.05) is 6.92 Å². The Hall–Kier alpha value is -0.380. The van der Waals surface area contributed by atoms with Crippen molar-refractivity contribution in [3.05, 3.63) is 12.2 Å². The average molecular weight is 212 g/mol. The molecule has 0 aromatic rings. The van der Waals surface area contributed by atoms with E-state index >= 15 is 0 Å². The fourth-order valence-corrected chi connectivity index (χ4v) is 2.13. The Labute approximate surface area is 93.2 Å². The molecule has 1 saturated heterocycles. The van der Waals surface area contributed by atoms with Gasteiger partial charge in [0.05, 0.1) is 5.60 Å². The second-order valence-electron chi connectivity index (χ2n) is 4.84. The van der Waals surface area contributed by atoms with Gasteiger partial charge in [0.15, 0.2) is 0 Å². The van der Waals surface area contributed by atoms with E-state index in [1.54, 1.807) is 0 Å². The lowest BCUT2D eigenvalue weighted by molar-refractivity contribution is -0.0125. The van der Waals surface area contributed by atoms with Crippen molar-refractivity contribution < 1.29 is 5.11 Å². The number of piperidine rings is 1. The van der Waals surface area contributed by atoms with Crippen molar-refractivity contribution in [3.8, 4) is 0 Å². The van der Waals surface area contributed by atoms with Gasteiger partial charge in [-0.2, -0.15) is 0 Å². The van der Waals surface area contributed by atoms with Crippen LogP contribution in [0.5, 0.6) is 0 Å². The fourth-order valence-electron chi connectivity index (χ4n) is 2.13. The van der Waals surface area contributed by atoms with Crippen LogP contribution < -0.4 is 5.32 Å². The fraction of sp³-hybridized carbons (Fsp3) is 0.833. The van der Waals surface area contributed by atoms with Gasteiger partial charge in [0.1, 0.15) is 0 Å². The Morgan fingerprint density at radius 3 is 2.93 bits per heavy atom. The zero-order valence-corrected chi connectivity index (χ0v) is 10.1. The Bertz CT molecular complexity index is 214. The van der Waals surface area contributed by atoms with E-state index < -0.39 is 5.60 Å². The van der Waals surface area contributed by atoms with E-state index in [0.717, 1.165) is 45.6 Å². The summed E-state index contributed by atoms with van der Waals surface area (Å²) in [6, 6.07) is 0. The van der Waals surface area contributed by atoms with E-state index in [0.29, 0.717) is 0 Å². The maximum absolute atomic E-state index is 9.95. The van der Waals surface area contributed by atoms with Crippen molar-refractivity contribution >= 4 is 0 Å². The number of nitrogens with one attached hydrogen (secondary N) is 1. The minimum Gasteiger partial charge on any atom is -0.389 e. The molecule has 0 aliphatic carbocycles. The molecular formula is C12H24N2O. The maximum Gasteiger partial charge on any atom is 0.0746 e. The lowest BCUT2D eigenvalue weighted by atomic mass is 9.95. The molecule has 15 heavy (non-hydrogen) atoms. The minimum absolute atomic E-state index is 0.503. The SMILES string of the molecule is C=C(CNCC)CN1CCCC(C)(O)C1. The van der Waals surface area contributed by atoms with Crippen LogP contribution in [0.4, 0.5) is 0 Å². The third kappa shape index (κ3) is 4.78. The van der Waals surface area contributed by atoms with Crippen LogP contribution in [-0.4, -0.2) is 48.3 Å². The molecule has 0 amide bonds. The van der Waals surface area contributed by atoms with Crippen LogP contribution in [-0.2, 0) is 0 Å². The largest absolute Gasteiger partial charge is 0.389 e. The van der Waals surface area contributed by atoms with Gasteiger partial charge in [0.2, 0.25) is 0 Å². The smallest absolute Gasteiger partial charge is 0.0746 e. The number of aliphatic hydroxyl groups is 1. The summed E-state index contributed by atoms with van der Waals surface area (Å²) in [4.78, 5) is 2.29. The standard InChI is InChI=1S/C12H24N2O/c1-4-13-8-11(2)9-14-7-5-6-12(3,15)10-14/h13,15H,2,4-10H2,1,3H3. The van der Waals surface area contributed by atoms with Crippen LogP contribution in [0.3, 0.4) is 0 Å². The van der Waals surface area contributed by atoms with Gasteiger partial charge in [0, 0.05) is 19.6 Å². The highest BCUT2D eigenvalue weighted by Gasteiger charge is 2.28. The molecule has 3 nitrogen and oxygen atoms in total. The lowest BCUT2D eigenvalue weighted by Crippen LogP contribution is -2.47. The second kappa shape index (κ2) is 5.64. The molecule has 88 valence electrons. The molecule has 1 unspecified atom stereocenters. The van der Waals surface area contributed by atoms with Gasteiger partial charge >= 0.3 is 0 Å². The number of β-amino-alcohol motifs (C(OH)–C–C–N with tert-alkyl or cyclic N) is 1. The number of hydrogen-bond acceptors (Lipinski definition) is 3. The molecule has 0 aromatic heterocycles. The Morgan fingerprint density at radius 2 is 2.33 bits per heavy atom. The number of rotatable bonds is 5. The Balaban J connectivity index is 2.28. The van der Waals surface area contributed by atoms with Crippen LogP contribution in [0.2, 0.25) is 0 Å². The van der Waals surface area contributed by atoms with Crippen molar-refractivity contribution in [1.82, 2.24) is 10.2 Å². The van der Waals surface area contributed by atoms with Crippen LogP contribution in [0.1, 0.15) is 26.7 Å². The highest BCUT2D eigenvalue weighted by molar-refractivity contribution is 5.01. The molecule has 1 aliphatic heterocycles. The maximum atomic E-state index is 9.95. The lowest BCUT2D eigenvalue weighted by Gasteiger charge is -2.37. The zero-order valence-electron chi connectivity index (χ0n) is 10.1. The van der Waals surface area contributed by atoms with E-state index in [1.165, 1.54) is 5.57 Å². The summed E-state index contributed by atoms with van der Waals surface area (Å²) in [6.45, 7) is 12.7. The van der Waals surface area contributed by atoms with Crippen LogP contribution in [0.25, 0.3) is 0 Å². The number of hydrogen-bond donors (Lipinski definition) is 2. The second-order valence-corrected chi connectivity index (χ2v) is 4.84. The monoisotopic (exact) mass is 212 g/mol. The topological polar surface area (TPSA) is 35.5 Å². The molecule has 3 heteroatoms. The first-order chi connectivity index (χ1) is 7.03. The summed E-state index contributed by atoms with van der Waals surface area (Å²) in [5.41, 5.74) is 0.700. The Kier molecular flexibility index (Phi) is 4.77. The third-order valence-electron chi connectivity index (χ3n) is 2.83. The quantitative estimate of drug-likeness (QED) is 0.667. The molecule has 0 spiro atoms.